The van der Waals surface area contributed by atoms with Crippen LogP contribution >= 0.6 is 0 Å². The Balaban J connectivity index is 1.89. The minimum atomic E-state index is -1.62. The van der Waals surface area contributed by atoms with E-state index < -0.39 is 29.2 Å². The van der Waals surface area contributed by atoms with E-state index >= 15 is 0 Å². The van der Waals surface area contributed by atoms with Crippen molar-refractivity contribution >= 4 is 17.9 Å². The van der Waals surface area contributed by atoms with Gasteiger partial charge in [-0.2, -0.15) is 0 Å². The molecule has 6 nitrogen and oxygen atoms in total. The zero-order valence-electron chi connectivity index (χ0n) is 14.4. The molecule has 2 unspecified atom stereocenters. The first-order chi connectivity index (χ1) is 12.0. The molecule has 0 heterocycles. The summed E-state index contributed by atoms with van der Waals surface area (Å²) in [6, 6.07) is 8.05. The van der Waals surface area contributed by atoms with E-state index in [1.165, 1.54) is 26.9 Å². The van der Waals surface area contributed by atoms with Crippen LogP contribution in [-0.2, 0) is 28.6 Å². The van der Waals surface area contributed by atoms with Gasteiger partial charge < -0.3 is 14.2 Å². The van der Waals surface area contributed by atoms with Crippen LogP contribution in [0.5, 0.6) is 0 Å². The lowest BCUT2D eigenvalue weighted by Crippen LogP contribution is -2.69. The highest BCUT2D eigenvalue weighted by Gasteiger charge is 2.81. The third kappa shape index (κ3) is 1.67. The van der Waals surface area contributed by atoms with E-state index in [9.17, 15) is 14.4 Å². The van der Waals surface area contributed by atoms with Gasteiger partial charge in [0.1, 0.15) is 0 Å². The number of hydrogen-bond acceptors (Lipinski definition) is 6. The summed E-state index contributed by atoms with van der Waals surface area (Å²) in [6.45, 7) is 0. The lowest BCUT2D eigenvalue weighted by atomic mass is 9.42. The van der Waals surface area contributed by atoms with Crippen molar-refractivity contribution in [1.29, 1.82) is 0 Å². The van der Waals surface area contributed by atoms with E-state index in [0.717, 1.165) is 12.0 Å². The van der Waals surface area contributed by atoms with E-state index in [2.05, 4.69) is 6.07 Å². The van der Waals surface area contributed by atoms with Crippen molar-refractivity contribution in [2.75, 3.05) is 21.3 Å². The van der Waals surface area contributed by atoms with Crippen molar-refractivity contribution in [2.45, 2.75) is 18.3 Å². The highest BCUT2D eigenvalue weighted by Crippen LogP contribution is 2.75. The van der Waals surface area contributed by atoms with Gasteiger partial charge in [0.2, 0.25) is 0 Å². The quantitative estimate of drug-likeness (QED) is 0.471. The maximum atomic E-state index is 12.7. The Morgan fingerprint density at radius 3 is 2.00 bits per heavy atom. The lowest BCUT2D eigenvalue weighted by Gasteiger charge is -2.57. The third-order valence-electron chi connectivity index (χ3n) is 6.52. The summed E-state index contributed by atoms with van der Waals surface area (Å²) in [5.41, 5.74) is 0.758. The second kappa shape index (κ2) is 5.31. The fraction of sp³-hybridized carbons (Fsp3) is 0.526. The van der Waals surface area contributed by atoms with Gasteiger partial charge in [-0.15, -0.1) is 0 Å². The number of carbonyl (C=O) groups is 3. The van der Waals surface area contributed by atoms with E-state index in [1.807, 2.05) is 18.2 Å². The van der Waals surface area contributed by atoms with Crippen molar-refractivity contribution in [3.8, 4) is 0 Å². The molecule has 1 aromatic rings. The molecule has 0 aromatic heterocycles. The van der Waals surface area contributed by atoms with Crippen molar-refractivity contribution < 1.29 is 28.6 Å². The number of hydrogen-bond donors (Lipinski definition) is 0. The van der Waals surface area contributed by atoms with Crippen molar-refractivity contribution in [3.05, 3.63) is 35.4 Å². The Labute approximate surface area is 145 Å². The molecule has 0 amide bonds. The highest BCUT2D eigenvalue weighted by atomic mass is 16.6. The van der Waals surface area contributed by atoms with E-state index in [-0.39, 0.29) is 23.7 Å². The van der Waals surface area contributed by atoms with Crippen LogP contribution in [0, 0.1) is 23.2 Å². The van der Waals surface area contributed by atoms with Gasteiger partial charge in [-0.1, -0.05) is 24.3 Å². The number of methoxy groups -OCH3 is 3. The van der Waals surface area contributed by atoms with Gasteiger partial charge in [0, 0.05) is 0 Å². The Bertz CT molecular complexity index is 753. The molecule has 3 aliphatic rings. The van der Waals surface area contributed by atoms with Crippen LogP contribution < -0.4 is 0 Å². The number of rotatable bonds is 3. The summed E-state index contributed by atoms with van der Waals surface area (Å²) >= 11 is 0. The number of fused-ring (bicyclic) bond motifs is 8. The summed E-state index contributed by atoms with van der Waals surface area (Å²) in [5, 5.41) is 0. The molecule has 1 aromatic carbocycles. The van der Waals surface area contributed by atoms with Gasteiger partial charge >= 0.3 is 17.9 Å². The maximum absolute atomic E-state index is 12.7. The maximum Gasteiger partial charge on any atom is 0.324 e. The number of esters is 3. The molecular formula is C19H20O6. The molecule has 5 atom stereocenters. The van der Waals surface area contributed by atoms with Gasteiger partial charge in [0.15, 0.2) is 5.41 Å². The van der Waals surface area contributed by atoms with Crippen LogP contribution in [0.15, 0.2) is 24.3 Å². The molecule has 0 N–H and O–H groups in total. The molecule has 25 heavy (non-hydrogen) atoms. The normalized spacial score (nSPS) is 32.8. The minimum Gasteiger partial charge on any atom is -0.469 e. The van der Waals surface area contributed by atoms with Gasteiger partial charge in [-0.25, -0.2) is 0 Å². The highest BCUT2D eigenvalue weighted by molar-refractivity contribution is 6.07. The Hall–Kier alpha value is -2.37. The van der Waals surface area contributed by atoms with E-state index in [4.69, 9.17) is 14.2 Å². The topological polar surface area (TPSA) is 78.9 Å². The standard InChI is InChI=1S/C19H20O6/c1-23-16(20)15-13-11-8-12(10-7-5-4-6-9(10)11)14(13)19(15,17(21)24-2)18(22)25-3/h4-7,11-15H,8H2,1-3H3/t11-,12+,13?,14?,15+/m1/s1. The molecule has 0 radical (unpaired) electrons. The molecule has 2 bridgehead atoms. The van der Waals surface area contributed by atoms with E-state index in [1.54, 1.807) is 0 Å². The zero-order valence-corrected chi connectivity index (χ0v) is 14.4. The van der Waals surface area contributed by atoms with Crippen LogP contribution in [0.2, 0.25) is 0 Å². The molecule has 3 aliphatic carbocycles. The summed E-state index contributed by atoms with van der Waals surface area (Å²) in [4.78, 5) is 38.0. The third-order valence-corrected chi connectivity index (χ3v) is 6.52. The SMILES string of the molecule is COC(=O)[C@@H]1C2C([C@H]3C[C@@H]2c2ccccc23)C1(C(=O)OC)C(=O)OC. The minimum absolute atomic E-state index is 0.0466. The van der Waals surface area contributed by atoms with Crippen LogP contribution in [0.4, 0.5) is 0 Å². The predicted octanol–water partition coefficient (Wildman–Crippen LogP) is 1.64. The fourth-order valence-corrected chi connectivity index (χ4v) is 5.81. The Morgan fingerprint density at radius 1 is 0.920 bits per heavy atom. The second-order valence-corrected chi connectivity index (χ2v) is 7.03. The summed E-state index contributed by atoms with van der Waals surface area (Å²) in [6.07, 6.45) is 0.831. The average Bonchev–Trinajstić information content (AvgIpc) is 3.15. The fourth-order valence-electron chi connectivity index (χ4n) is 5.81. The molecule has 4 rings (SSSR count). The first-order valence-corrected chi connectivity index (χ1v) is 8.37. The van der Waals surface area contributed by atoms with Crippen LogP contribution in [0.1, 0.15) is 29.4 Å². The molecule has 6 heteroatoms. The monoisotopic (exact) mass is 344 g/mol. The molecule has 2 saturated carbocycles. The molecule has 2 fully saturated rings. The van der Waals surface area contributed by atoms with Gasteiger partial charge in [0.25, 0.3) is 0 Å². The number of ether oxygens (including phenoxy) is 3. The summed E-state index contributed by atoms with van der Waals surface area (Å²) < 4.78 is 14.9. The van der Waals surface area contributed by atoms with Crippen LogP contribution in [0.3, 0.4) is 0 Å². The predicted molar refractivity (Wildman–Crippen MR) is 85.5 cm³/mol. The van der Waals surface area contributed by atoms with Crippen molar-refractivity contribution in [1.82, 2.24) is 0 Å². The van der Waals surface area contributed by atoms with Crippen molar-refractivity contribution in [3.63, 3.8) is 0 Å². The van der Waals surface area contributed by atoms with Gasteiger partial charge in [-0.3, -0.25) is 14.4 Å². The zero-order chi connectivity index (χ0) is 17.9. The molecule has 132 valence electrons. The molecular weight excluding hydrogens is 324 g/mol. The van der Waals surface area contributed by atoms with Gasteiger partial charge in [0.05, 0.1) is 27.2 Å². The van der Waals surface area contributed by atoms with Crippen molar-refractivity contribution in [2.24, 2.45) is 23.2 Å². The largest absolute Gasteiger partial charge is 0.469 e. The number of benzene rings is 1. The molecule has 0 saturated heterocycles. The molecule has 0 spiro atoms. The Kier molecular flexibility index (Phi) is 3.42. The number of carbonyl (C=O) groups excluding carboxylic acids is 3. The first-order valence-electron chi connectivity index (χ1n) is 8.37. The van der Waals surface area contributed by atoms with Crippen LogP contribution in [-0.4, -0.2) is 39.2 Å². The smallest absolute Gasteiger partial charge is 0.324 e. The van der Waals surface area contributed by atoms with E-state index in [0.29, 0.717) is 0 Å². The summed E-state index contributed by atoms with van der Waals surface area (Å²) in [5.74, 6) is -3.04. The summed E-state index contributed by atoms with van der Waals surface area (Å²) in [7, 11) is 3.74. The second-order valence-electron chi connectivity index (χ2n) is 7.03. The first kappa shape index (κ1) is 16.1. The van der Waals surface area contributed by atoms with Crippen LogP contribution in [0.25, 0.3) is 0 Å². The lowest BCUT2D eigenvalue weighted by molar-refractivity contribution is -0.214. The van der Waals surface area contributed by atoms with Gasteiger partial charge in [-0.05, 0) is 41.2 Å². The Morgan fingerprint density at radius 2 is 1.48 bits per heavy atom. The molecule has 0 aliphatic heterocycles. The average molecular weight is 344 g/mol.